The second kappa shape index (κ2) is 5.87. The van der Waals surface area contributed by atoms with E-state index in [4.69, 9.17) is 0 Å². The van der Waals surface area contributed by atoms with Crippen molar-refractivity contribution in [1.82, 2.24) is 10.2 Å². The van der Waals surface area contributed by atoms with Gasteiger partial charge in [-0.1, -0.05) is 6.07 Å². The predicted octanol–water partition coefficient (Wildman–Crippen LogP) is 3.77. The molecule has 0 radical (unpaired) electrons. The minimum Gasteiger partial charge on any atom is -0.275 e. The minimum absolute atomic E-state index is 0.0188. The molecule has 1 heterocycles. The first-order valence-electron chi connectivity index (χ1n) is 5.29. The third-order valence-corrected chi connectivity index (χ3v) is 3.06. The van der Waals surface area contributed by atoms with Crippen LogP contribution in [0, 0.1) is 10.1 Å². The van der Waals surface area contributed by atoms with Crippen molar-refractivity contribution in [3.8, 4) is 0 Å². The molecule has 0 atom stereocenters. The summed E-state index contributed by atoms with van der Waals surface area (Å²) in [5.41, 5.74) is -0.273. The van der Waals surface area contributed by atoms with Crippen molar-refractivity contribution in [3.63, 3.8) is 0 Å². The number of alkyl halides is 2. The van der Waals surface area contributed by atoms with E-state index in [2.05, 4.69) is 31.1 Å². The van der Waals surface area contributed by atoms with Crippen LogP contribution in [0.5, 0.6) is 0 Å². The molecule has 20 heavy (non-hydrogen) atoms. The molecule has 2 aromatic rings. The van der Waals surface area contributed by atoms with Gasteiger partial charge in [0, 0.05) is 22.8 Å². The Kier molecular flexibility index (Phi) is 4.18. The Hall–Kier alpha value is -2.16. The van der Waals surface area contributed by atoms with E-state index < -0.39 is 11.3 Å². The van der Waals surface area contributed by atoms with Crippen LogP contribution in [-0.2, 0) is 0 Å². The number of nitro groups is 1. The monoisotopic (exact) mass is 344 g/mol. The fourth-order valence-electron chi connectivity index (χ4n) is 1.45. The number of halogens is 3. The number of nitro benzene ring substituents is 1. The highest BCUT2D eigenvalue weighted by atomic mass is 79.9. The Morgan fingerprint density at radius 2 is 2.25 bits per heavy atom. The van der Waals surface area contributed by atoms with Crippen molar-refractivity contribution in [2.24, 2.45) is 4.99 Å². The quantitative estimate of drug-likeness (QED) is 0.520. The van der Waals surface area contributed by atoms with E-state index in [-0.39, 0.29) is 22.8 Å². The van der Waals surface area contributed by atoms with Crippen molar-refractivity contribution in [3.05, 3.63) is 50.1 Å². The highest BCUT2D eigenvalue weighted by Crippen LogP contribution is 2.26. The molecule has 0 amide bonds. The van der Waals surface area contributed by atoms with Gasteiger partial charge in [-0.3, -0.25) is 15.2 Å². The molecular weight excluding hydrogens is 338 g/mol. The smallest absolute Gasteiger partial charge is 0.275 e. The maximum Gasteiger partial charge on any atom is 0.279 e. The van der Waals surface area contributed by atoms with Crippen molar-refractivity contribution in [2.75, 3.05) is 0 Å². The van der Waals surface area contributed by atoms with Gasteiger partial charge in [0.05, 0.1) is 10.5 Å². The summed E-state index contributed by atoms with van der Waals surface area (Å²) in [6.07, 6.45) is -1.47. The van der Waals surface area contributed by atoms with Crippen LogP contribution in [0.1, 0.15) is 17.7 Å². The van der Waals surface area contributed by atoms with Crippen LogP contribution in [0.15, 0.2) is 33.7 Å². The van der Waals surface area contributed by atoms with Crippen LogP contribution in [0.3, 0.4) is 0 Å². The summed E-state index contributed by atoms with van der Waals surface area (Å²) in [5, 5.41) is 16.6. The zero-order chi connectivity index (χ0) is 14.7. The maximum atomic E-state index is 12.4. The van der Waals surface area contributed by atoms with Gasteiger partial charge in [-0.05, 0) is 22.0 Å². The van der Waals surface area contributed by atoms with E-state index in [9.17, 15) is 18.9 Å². The molecule has 0 unspecified atom stereocenters. The molecule has 2 rings (SSSR count). The van der Waals surface area contributed by atoms with Crippen LogP contribution in [0.25, 0.3) is 0 Å². The highest BCUT2D eigenvalue weighted by molar-refractivity contribution is 9.10. The SMILES string of the molecule is O=[N+]([O-])c1cccc(Br)c1C=Nc1cc(C(F)F)[nH]n1. The number of rotatable bonds is 4. The van der Waals surface area contributed by atoms with E-state index in [1.54, 1.807) is 6.07 Å². The number of H-pyrrole nitrogens is 1. The number of aromatic nitrogens is 2. The summed E-state index contributed by atoms with van der Waals surface area (Å²) < 4.78 is 25.2. The molecular formula is C11H7BrF2N4O2. The number of nitrogens with one attached hydrogen (secondary N) is 1. The number of benzene rings is 1. The molecule has 0 aliphatic carbocycles. The molecule has 0 saturated heterocycles. The van der Waals surface area contributed by atoms with E-state index in [0.29, 0.717) is 4.47 Å². The second-order valence-corrected chi connectivity index (χ2v) is 4.52. The van der Waals surface area contributed by atoms with Gasteiger partial charge >= 0.3 is 0 Å². The van der Waals surface area contributed by atoms with Crippen LogP contribution in [0.2, 0.25) is 0 Å². The van der Waals surface area contributed by atoms with Crippen LogP contribution >= 0.6 is 15.9 Å². The fourth-order valence-corrected chi connectivity index (χ4v) is 1.90. The molecule has 0 fully saturated rings. The summed E-state index contributed by atoms with van der Waals surface area (Å²) in [6, 6.07) is 5.53. The standard InChI is InChI=1S/C11H7BrF2N4O2/c12-7-2-1-3-9(18(19)20)6(7)5-15-10-4-8(11(13)14)16-17-10/h1-5,11H,(H,16,17). The minimum atomic E-state index is -2.68. The van der Waals surface area contributed by atoms with Gasteiger partial charge in [-0.2, -0.15) is 5.10 Å². The Balaban J connectivity index is 2.33. The van der Waals surface area contributed by atoms with Gasteiger partial charge in [-0.25, -0.2) is 13.8 Å². The molecule has 1 aromatic carbocycles. The van der Waals surface area contributed by atoms with Crippen LogP contribution in [0.4, 0.5) is 20.3 Å². The van der Waals surface area contributed by atoms with Crippen LogP contribution < -0.4 is 0 Å². The Morgan fingerprint density at radius 1 is 1.50 bits per heavy atom. The molecule has 0 spiro atoms. The molecule has 1 aromatic heterocycles. The Labute approximate surface area is 119 Å². The summed E-state index contributed by atoms with van der Waals surface area (Å²) >= 11 is 3.17. The first kappa shape index (κ1) is 14.3. The largest absolute Gasteiger partial charge is 0.279 e. The van der Waals surface area contributed by atoms with Crippen molar-refractivity contribution in [2.45, 2.75) is 6.43 Å². The summed E-state index contributed by atoms with van der Waals surface area (Å²) in [6.45, 7) is 0. The zero-order valence-corrected chi connectivity index (χ0v) is 11.3. The number of hydrogen-bond donors (Lipinski definition) is 1. The predicted molar refractivity (Wildman–Crippen MR) is 71.6 cm³/mol. The Bertz CT molecular complexity index is 672. The van der Waals surface area contributed by atoms with E-state index in [1.165, 1.54) is 18.3 Å². The average Bonchev–Trinajstić information content (AvgIpc) is 2.86. The molecule has 6 nitrogen and oxygen atoms in total. The first-order valence-corrected chi connectivity index (χ1v) is 6.08. The fraction of sp³-hybridized carbons (Fsp3) is 0.0909. The van der Waals surface area contributed by atoms with Crippen LogP contribution in [-0.4, -0.2) is 21.3 Å². The van der Waals surface area contributed by atoms with Gasteiger partial charge < -0.3 is 0 Å². The van der Waals surface area contributed by atoms with E-state index in [0.717, 1.165) is 6.07 Å². The van der Waals surface area contributed by atoms with E-state index in [1.807, 2.05) is 0 Å². The lowest BCUT2D eigenvalue weighted by Crippen LogP contribution is -1.95. The van der Waals surface area contributed by atoms with E-state index >= 15 is 0 Å². The average molecular weight is 345 g/mol. The lowest BCUT2D eigenvalue weighted by atomic mass is 10.2. The second-order valence-electron chi connectivity index (χ2n) is 3.67. The molecule has 0 bridgehead atoms. The first-order chi connectivity index (χ1) is 9.49. The maximum absolute atomic E-state index is 12.4. The van der Waals surface area contributed by atoms with Crippen molar-refractivity contribution >= 4 is 33.6 Å². The lowest BCUT2D eigenvalue weighted by molar-refractivity contribution is -0.385. The molecule has 104 valence electrons. The zero-order valence-electron chi connectivity index (χ0n) is 9.76. The third kappa shape index (κ3) is 3.05. The number of hydrogen-bond acceptors (Lipinski definition) is 4. The molecule has 0 aliphatic rings. The summed E-state index contributed by atoms with van der Waals surface area (Å²) in [4.78, 5) is 14.2. The van der Waals surface area contributed by atoms with Crippen molar-refractivity contribution in [1.29, 1.82) is 0 Å². The number of aromatic amines is 1. The molecule has 9 heteroatoms. The highest BCUT2D eigenvalue weighted by Gasteiger charge is 2.15. The van der Waals surface area contributed by atoms with Gasteiger partial charge in [0.1, 0.15) is 5.69 Å². The van der Waals surface area contributed by atoms with Gasteiger partial charge in [0.2, 0.25) is 0 Å². The lowest BCUT2D eigenvalue weighted by Gasteiger charge is -1.99. The van der Waals surface area contributed by atoms with Gasteiger partial charge in [-0.15, -0.1) is 0 Å². The Morgan fingerprint density at radius 3 is 2.85 bits per heavy atom. The number of aliphatic imine (C=N–C) groups is 1. The summed E-state index contributed by atoms with van der Waals surface area (Å²) in [7, 11) is 0. The van der Waals surface area contributed by atoms with Gasteiger partial charge in [0.25, 0.3) is 12.1 Å². The third-order valence-electron chi connectivity index (χ3n) is 2.37. The molecule has 1 N–H and O–H groups in total. The normalized spacial score (nSPS) is 11.4. The molecule has 0 saturated carbocycles. The topological polar surface area (TPSA) is 84.2 Å². The summed E-state index contributed by atoms with van der Waals surface area (Å²) in [5.74, 6) is 0.0188. The van der Waals surface area contributed by atoms with Crippen molar-refractivity contribution < 1.29 is 13.7 Å². The molecule has 0 aliphatic heterocycles. The number of nitrogens with zero attached hydrogens (tertiary/aromatic N) is 3. The van der Waals surface area contributed by atoms with Gasteiger partial charge in [0.15, 0.2) is 5.82 Å².